The first-order valence-corrected chi connectivity index (χ1v) is 9.75. The summed E-state index contributed by atoms with van der Waals surface area (Å²) in [4.78, 5) is 7.27. The van der Waals surface area contributed by atoms with Gasteiger partial charge in [0.2, 0.25) is 0 Å². The Hall–Kier alpha value is 0.310. The van der Waals surface area contributed by atoms with E-state index in [0.717, 1.165) is 25.6 Å². The van der Waals surface area contributed by atoms with Gasteiger partial charge >= 0.3 is 0 Å². The Morgan fingerprint density at radius 2 is 2.05 bits per heavy atom. The Morgan fingerprint density at radius 1 is 1.32 bits per heavy atom. The molecule has 2 unspecified atom stereocenters. The van der Waals surface area contributed by atoms with E-state index in [2.05, 4.69) is 49.5 Å². The van der Waals surface area contributed by atoms with Crippen molar-refractivity contribution in [2.75, 3.05) is 38.2 Å². The molecule has 0 saturated carbocycles. The highest BCUT2D eigenvalue weighted by Crippen LogP contribution is 2.18. The molecule has 0 aromatic rings. The fourth-order valence-corrected chi connectivity index (χ4v) is 3.15. The molecule has 1 heterocycles. The first-order valence-electron chi connectivity index (χ1n) is 8.36. The highest BCUT2D eigenvalue weighted by Gasteiger charge is 2.31. The van der Waals surface area contributed by atoms with Crippen LogP contribution in [0.15, 0.2) is 4.99 Å². The van der Waals surface area contributed by atoms with Crippen molar-refractivity contribution in [2.45, 2.75) is 52.6 Å². The molecule has 2 N–H and O–H groups in total. The zero-order valence-electron chi connectivity index (χ0n) is 14.9. The van der Waals surface area contributed by atoms with Gasteiger partial charge in [-0.25, -0.2) is 0 Å². The Morgan fingerprint density at radius 3 is 2.59 bits per heavy atom. The molecular formula is C16H35IN4S. The number of aliphatic imine (C=N–C) groups is 1. The molecule has 1 saturated heterocycles. The first-order chi connectivity index (χ1) is 10.1. The van der Waals surface area contributed by atoms with E-state index in [-0.39, 0.29) is 24.0 Å². The van der Waals surface area contributed by atoms with E-state index in [1.807, 2.05) is 11.8 Å². The number of hydrogen-bond donors (Lipinski definition) is 2. The maximum Gasteiger partial charge on any atom is 0.191 e. The number of rotatable bonds is 8. The number of nitrogens with one attached hydrogen (secondary N) is 2. The number of nitrogens with zero attached hydrogens (tertiary/aromatic N) is 2. The number of unbranched alkanes of at least 4 members (excludes halogenated alkanes) is 1. The summed E-state index contributed by atoms with van der Waals surface area (Å²) in [7, 11) is 0. The molecule has 0 aromatic carbocycles. The van der Waals surface area contributed by atoms with Crippen LogP contribution in [0.3, 0.4) is 0 Å². The lowest BCUT2D eigenvalue weighted by atomic mass is 10.1. The van der Waals surface area contributed by atoms with Gasteiger partial charge in [0.15, 0.2) is 5.96 Å². The average Bonchev–Trinajstić information content (AvgIpc) is 2.80. The van der Waals surface area contributed by atoms with Crippen LogP contribution in [0, 0.1) is 5.92 Å². The summed E-state index contributed by atoms with van der Waals surface area (Å²) in [5.41, 5.74) is 0. The van der Waals surface area contributed by atoms with Crippen molar-refractivity contribution in [3.63, 3.8) is 0 Å². The second kappa shape index (κ2) is 12.7. The highest BCUT2D eigenvalue weighted by atomic mass is 127. The summed E-state index contributed by atoms with van der Waals surface area (Å²) >= 11 is 1.91. The standard InChI is InChI=1S/C16H34N4S.HI/c1-6-17-16(18-9-7-8-10-21-5)19-15-12-20(13(2)3)11-14(15)4;/h13-15H,6-12H2,1-5H3,(H2,17,18,19);1H. The van der Waals surface area contributed by atoms with E-state index in [1.54, 1.807) is 0 Å². The van der Waals surface area contributed by atoms with Crippen molar-refractivity contribution in [1.29, 1.82) is 0 Å². The lowest BCUT2D eigenvalue weighted by molar-refractivity contribution is 0.265. The van der Waals surface area contributed by atoms with Crippen LogP contribution in [0.5, 0.6) is 0 Å². The molecule has 22 heavy (non-hydrogen) atoms. The SMILES string of the molecule is CCNC(=NCCCCSC)NC1CN(C(C)C)CC1C.I. The van der Waals surface area contributed by atoms with Gasteiger partial charge in [0, 0.05) is 38.3 Å². The zero-order chi connectivity index (χ0) is 15.7. The smallest absolute Gasteiger partial charge is 0.191 e. The van der Waals surface area contributed by atoms with Gasteiger partial charge in [-0.15, -0.1) is 24.0 Å². The Balaban J connectivity index is 0.00000441. The van der Waals surface area contributed by atoms with Crippen LogP contribution in [0.4, 0.5) is 0 Å². The van der Waals surface area contributed by atoms with Crippen molar-refractivity contribution in [3.8, 4) is 0 Å². The summed E-state index contributed by atoms with van der Waals surface area (Å²) < 4.78 is 0. The number of thioether (sulfide) groups is 1. The molecule has 1 fully saturated rings. The second-order valence-corrected chi connectivity index (χ2v) is 7.22. The van der Waals surface area contributed by atoms with E-state index in [1.165, 1.54) is 25.1 Å². The van der Waals surface area contributed by atoms with Gasteiger partial charge in [0.05, 0.1) is 0 Å². The topological polar surface area (TPSA) is 39.7 Å². The van der Waals surface area contributed by atoms with Gasteiger partial charge in [-0.3, -0.25) is 9.89 Å². The maximum atomic E-state index is 4.72. The average molecular weight is 442 g/mol. The Labute approximate surface area is 158 Å². The summed E-state index contributed by atoms with van der Waals surface area (Å²) in [5, 5.41) is 7.01. The predicted molar refractivity (Wildman–Crippen MR) is 112 cm³/mol. The van der Waals surface area contributed by atoms with Gasteiger partial charge in [-0.2, -0.15) is 11.8 Å². The molecule has 1 rings (SSSR count). The van der Waals surface area contributed by atoms with Crippen LogP contribution in [0.2, 0.25) is 0 Å². The molecule has 0 spiro atoms. The summed E-state index contributed by atoms with van der Waals surface area (Å²) in [6.45, 7) is 13.2. The molecule has 0 bridgehead atoms. The Bertz CT molecular complexity index is 313. The fraction of sp³-hybridized carbons (Fsp3) is 0.938. The van der Waals surface area contributed by atoms with E-state index >= 15 is 0 Å². The minimum Gasteiger partial charge on any atom is -0.357 e. The fourth-order valence-electron chi connectivity index (χ4n) is 2.66. The molecular weight excluding hydrogens is 407 g/mol. The number of likely N-dealkylation sites (tertiary alicyclic amines) is 1. The van der Waals surface area contributed by atoms with E-state index < -0.39 is 0 Å². The van der Waals surface area contributed by atoms with Crippen molar-refractivity contribution in [1.82, 2.24) is 15.5 Å². The van der Waals surface area contributed by atoms with Crippen LogP contribution in [-0.2, 0) is 0 Å². The summed E-state index contributed by atoms with van der Waals surface area (Å²) in [5.74, 6) is 2.90. The molecule has 6 heteroatoms. The number of guanidine groups is 1. The van der Waals surface area contributed by atoms with Crippen molar-refractivity contribution in [2.24, 2.45) is 10.9 Å². The molecule has 1 aliphatic rings. The molecule has 4 nitrogen and oxygen atoms in total. The maximum absolute atomic E-state index is 4.72. The minimum absolute atomic E-state index is 0. The molecule has 0 aromatic heterocycles. The lowest BCUT2D eigenvalue weighted by Gasteiger charge is -2.21. The molecule has 0 radical (unpaired) electrons. The summed E-state index contributed by atoms with van der Waals surface area (Å²) in [6, 6.07) is 1.14. The zero-order valence-corrected chi connectivity index (χ0v) is 18.0. The third kappa shape index (κ3) is 8.24. The van der Waals surface area contributed by atoms with Gasteiger partial charge in [0.25, 0.3) is 0 Å². The monoisotopic (exact) mass is 442 g/mol. The van der Waals surface area contributed by atoms with Crippen LogP contribution in [0.25, 0.3) is 0 Å². The van der Waals surface area contributed by atoms with Crippen LogP contribution >= 0.6 is 35.7 Å². The van der Waals surface area contributed by atoms with Crippen molar-refractivity contribution < 1.29 is 0 Å². The van der Waals surface area contributed by atoms with Crippen molar-refractivity contribution in [3.05, 3.63) is 0 Å². The third-order valence-electron chi connectivity index (χ3n) is 4.06. The predicted octanol–water partition coefficient (Wildman–Crippen LogP) is 3.03. The van der Waals surface area contributed by atoms with Gasteiger partial charge in [-0.1, -0.05) is 6.92 Å². The molecule has 0 amide bonds. The second-order valence-electron chi connectivity index (χ2n) is 6.24. The van der Waals surface area contributed by atoms with E-state index in [9.17, 15) is 0 Å². The van der Waals surface area contributed by atoms with Gasteiger partial charge < -0.3 is 10.6 Å². The van der Waals surface area contributed by atoms with Crippen LogP contribution in [0.1, 0.15) is 40.5 Å². The molecule has 1 aliphatic heterocycles. The summed E-state index contributed by atoms with van der Waals surface area (Å²) in [6.07, 6.45) is 4.59. The third-order valence-corrected chi connectivity index (χ3v) is 4.76. The van der Waals surface area contributed by atoms with Crippen molar-refractivity contribution >= 4 is 41.7 Å². The largest absolute Gasteiger partial charge is 0.357 e. The van der Waals surface area contributed by atoms with Crippen LogP contribution in [-0.4, -0.2) is 61.1 Å². The van der Waals surface area contributed by atoms with E-state index in [4.69, 9.17) is 4.99 Å². The lowest BCUT2D eigenvalue weighted by Crippen LogP contribution is -2.46. The highest BCUT2D eigenvalue weighted by molar-refractivity contribution is 14.0. The molecule has 0 aliphatic carbocycles. The quantitative estimate of drug-likeness (QED) is 0.262. The van der Waals surface area contributed by atoms with E-state index in [0.29, 0.717) is 18.0 Å². The number of halogens is 1. The van der Waals surface area contributed by atoms with Gasteiger partial charge in [-0.05, 0) is 51.5 Å². The van der Waals surface area contributed by atoms with Crippen LogP contribution < -0.4 is 10.6 Å². The Kier molecular flexibility index (Phi) is 12.9. The number of hydrogen-bond acceptors (Lipinski definition) is 3. The molecule has 2 atom stereocenters. The first kappa shape index (κ1) is 22.3. The minimum atomic E-state index is 0. The van der Waals surface area contributed by atoms with Gasteiger partial charge in [0.1, 0.15) is 0 Å². The normalized spacial score (nSPS) is 22.7. The molecule has 132 valence electrons.